The van der Waals surface area contributed by atoms with Gasteiger partial charge in [0.25, 0.3) is 0 Å². The van der Waals surface area contributed by atoms with Crippen molar-refractivity contribution in [1.29, 1.82) is 0 Å². The summed E-state index contributed by atoms with van der Waals surface area (Å²) in [5.74, 6) is 1.11. The highest BCUT2D eigenvalue weighted by Gasteiger charge is 2.16. The zero-order valence-electron chi connectivity index (χ0n) is 19.1. The third kappa shape index (κ3) is 4.93. The van der Waals surface area contributed by atoms with Gasteiger partial charge in [-0.2, -0.15) is 5.10 Å². The van der Waals surface area contributed by atoms with E-state index in [1.165, 1.54) is 0 Å². The first kappa shape index (κ1) is 21.3. The van der Waals surface area contributed by atoms with Gasteiger partial charge in [0.15, 0.2) is 0 Å². The number of ketones is 1. The Kier molecular flexibility index (Phi) is 5.88. The lowest BCUT2D eigenvalue weighted by Crippen LogP contribution is -2.44. The van der Waals surface area contributed by atoms with Crippen LogP contribution in [-0.4, -0.2) is 63.7 Å². The molecule has 33 heavy (non-hydrogen) atoms. The van der Waals surface area contributed by atoms with Crippen molar-refractivity contribution in [2.24, 2.45) is 7.05 Å². The predicted octanol–water partition coefficient (Wildman–Crippen LogP) is 3.14. The molecule has 7 heteroatoms. The number of benzene rings is 1. The first-order chi connectivity index (χ1) is 16.0. The summed E-state index contributed by atoms with van der Waals surface area (Å²) >= 11 is 0. The van der Waals surface area contributed by atoms with Crippen LogP contribution in [0.4, 0.5) is 5.82 Å². The van der Waals surface area contributed by atoms with Crippen LogP contribution in [0.3, 0.4) is 0 Å². The number of carbonyl (C=O) groups excluding carboxylic acids is 1. The minimum atomic E-state index is 0.154. The standard InChI is InChI=1S/C26H28N6O/c1-30-7-9-32(10-8-30)26-12-19(5-6-27-26)11-25(33)15-24-14-22-13-20(3-4-21(22)16-28-24)23-17-29-31(2)18-23/h3-6,12-14,16-18H,7-11,15H2,1-2H3. The van der Waals surface area contributed by atoms with Crippen molar-refractivity contribution in [2.75, 3.05) is 38.1 Å². The molecule has 0 bridgehead atoms. The third-order valence-electron chi connectivity index (χ3n) is 6.23. The van der Waals surface area contributed by atoms with Gasteiger partial charge < -0.3 is 9.80 Å². The number of pyridine rings is 2. The molecule has 1 aliphatic heterocycles. The van der Waals surface area contributed by atoms with E-state index in [1.54, 1.807) is 4.68 Å². The van der Waals surface area contributed by atoms with E-state index in [0.717, 1.165) is 65.2 Å². The van der Waals surface area contributed by atoms with Crippen molar-refractivity contribution in [3.05, 3.63) is 72.4 Å². The van der Waals surface area contributed by atoms with Crippen LogP contribution in [-0.2, 0) is 24.7 Å². The van der Waals surface area contributed by atoms with Crippen molar-refractivity contribution in [3.8, 4) is 11.1 Å². The Balaban J connectivity index is 1.28. The summed E-state index contributed by atoms with van der Waals surface area (Å²) in [7, 11) is 4.05. The number of piperazine rings is 1. The molecule has 168 valence electrons. The molecule has 0 unspecified atom stereocenters. The van der Waals surface area contributed by atoms with E-state index in [-0.39, 0.29) is 5.78 Å². The lowest BCUT2D eigenvalue weighted by Gasteiger charge is -2.33. The molecule has 0 radical (unpaired) electrons. The number of aromatic nitrogens is 4. The molecular weight excluding hydrogens is 412 g/mol. The van der Waals surface area contributed by atoms with Crippen molar-refractivity contribution in [2.45, 2.75) is 12.8 Å². The summed E-state index contributed by atoms with van der Waals surface area (Å²) < 4.78 is 1.80. The number of aryl methyl sites for hydroxylation is 1. The Morgan fingerprint density at radius 1 is 0.879 bits per heavy atom. The van der Waals surface area contributed by atoms with Crippen molar-refractivity contribution in [3.63, 3.8) is 0 Å². The third-order valence-corrected chi connectivity index (χ3v) is 6.23. The van der Waals surface area contributed by atoms with Crippen LogP contribution in [0.25, 0.3) is 21.9 Å². The molecule has 3 aromatic heterocycles. The number of Topliss-reactive ketones (excluding diaryl/α,β-unsaturated/α-hetero) is 1. The molecule has 0 saturated carbocycles. The normalized spacial score (nSPS) is 14.7. The second kappa shape index (κ2) is 9.11. The average Bonchev–Trinajstić information content (AvgIpc) is 3.25. The van der Waals surface area contributed by atoms with E-state index < -0.39 is 0 Å². The van der Waals surface area contributed by atoms with Gasteiger partial charge in [-0.3, -0.25) is 14.5 Å². The van der Waals surface area contributed by atoms with Crippen LogP contribution in [0, 0.1) is 0 Å². The molecule has 4 aromatic rings. The van der Waals surface area contributed by atoms with Gasteiger partial charge in [-0.25, -0.2) is 4.98 Å². The topological polar surface area (TPSA) is 67.2 Å². The van der Waals surface area contributed by atoms with Crippen molar-refractivity contribution < 1.29 is 4.79 Å². The number of rotatable bonds is 6. The maximum absolute atomic E-state index is 12.8. The van der Waals surface area contributed by atoms with Gasteiger partial charge in [0.2, 0.25) is 0 Å². The van der Waals surface area contributed by atoms with Crippen LogP contribution in [0.1, 0.15) is 11.3 Å². The van der Waals surface area contributed by atoms with Gasteiger partial charge in [0, 0.05) is 81.3 Å². The van der Waals surface area contributed by atoms with Crippen molar-refractivity contribution in [1.82, 2.24) is 24.6 Å². The highest BCUT2D eigenvalue weighted by atomic mass is 16.1. The van der Waals surface area contributed by atoms with E-state index in [9.17, 15) is 4.79 Å². The molecule has 0 amide bonds. The van der Waals surface area contributed by atoms with Gasteiger partial charge >= 0.3 is 0 Å². The second-order valence-electron chi connectivity index (χ2n) is 8.85. The van der Waals surface area contributed by atoms with E-state index in [4.69, 9.17) is 0 Å². The molecule has 0 aliphatic carbocycles. The summed E-state index contributed by atoms with van der Waals surface area (Å²) in [4.78, 5) is 26.5. The van der Waals surface area contributed by atoms with Crippen LogP contribution in [0.5, 0.6) is 0 Å². The first-order valence-corrected chi connectivity index (χ1v) is 11.3. The molecule has 1 saturated heterocycles. The number of anilines is 1. The van der Waals surface area contributed by atoms with E-state index >= 15 is 0 Å². The SMILES string of the molecule is CN1CCN(c2cc(CC(=O)Cc3cc4cc(-c5cnn(C)c5)ccc4cn3)ccn2)CC1. The first-order valence-electron chi connectivity index (χ1n) is 11.3. The summed E-state index contributed by atoms with van der Waals surface area (Å²) in [5.41, 5.74) is 3.97. The number of carbonyl (C=O) groups is 1. The quantitative estimate of drug-likeness (QED) is 0.459. The Hall–Kier alpha value is -3.58. The average molecular weight is 441 g/mol. The maximum Gasteiger partial charge on any atom is 0.143 e. The largest absolute Gasteiger partial charge is 0.354 e. The van der Waals surface area contributed by atoms with Gasteiger partial charge in [0.05, 0.1) is 6.20 Å². The Morgan fingerprint density at radius 2 is 1.73 bits per heavy atom. The molecule has 1 aliphatic rings. The Morgan fingerprint density at radius 3 is 2.52 bits per heavy atom. The lowest BCUT2D eigenvalue weighted by atomic mass is 10.0. The number of fused-ring (bicyclic) bond motifs is 1. The minimum absolute atomic E-state index is 0.154. The number of hydrogen-bond acceptors (Lipinski definition) is 6. The Labute approximate surface area is 193 Å². The van der Waals surface area contributed by atoms with Crippen molar-refractivity contribution >= 4 is 22.4 Å². The molecule has 4 heterocycles. The second-order valence-corrected chi connectivity index (χ2v) is 8.85. The fourth-order valence-corrected chi connectivity index (χ4v) is 4.30. The predicted molar refractivity (Wildman–Crippen MR) is 130 cm³/mol. The molecule has 0 atom stereocenters. The van der Waals surface area contributed by atoms with Crippen LogP contribution >= 0.6 is 0 Å². The summed E-state index contributed by atoms with van der Waals surface area (Å²) in [6, 6.07) is 12.3. The molecular formula is C26H28N6O. The maximum atomic E-state index is 12.8. The molecule has 0 spiro atoms. The summed E-state index contributed by atoms with van der Waals surface area (Å²) in [5, 5.41) is 6.40. The van der Waals surface area contributed by atoms with Gasteiger partial charge in [-0.05, 0) is 47.8 Å². The minimum Gasteiger partial charge on any atom is -0.354 e. The van der Waals surface area contributed by atoms with E-state index in [0.29, 0.717) is 12.8 Å². The molecule has 1 fully saturated rings. The van der Waals surface area contributed by atoms with Crippen LogP contribution < -0.4 is 4.90 Å². The van der Waals surface area contributed by atoms with Crippen LogP contribution in [0.15, 0.2) is 61.2 Å². The highest BCUT2D eigenvalue weighted by Crippen LogP contribution is 2.24. The zero-order valence-corrected chi connectivity index (χ0v) is 19.1. The smallest absolute Gasteiger partial charge is 0.143 e. The number of likely N-dealkylation sites (N-methyl/N-ethyl adjacent to an activating group) is 1. The summed E-state index contributed by atoms with van der Waals surface area (Å²) in [6.07, 6.45) is 8.22. The van der Waals surface area contributed by atoms with E-state index in [1.807, 2.05) is 44.0 Å². The fraction of sp³-hybridized carbons (Fsp3) is 0.308. The molecule has 5 rings (SSSR count). The Bertz CT molecular complexity index is 1290. The molecule has 7 nitrogen and oxygen atoms in total. The lowest BCUT2D eigenvalue weighted by molar-refractivity contribution is -0.117. The molecule has 0 N–H and O–H groups in total. The monoisotopic (exact) mass is 440 g/mol. The highest BCUT2D eigenvalue weighted by molar-refractivity contribution is 5.88. The van der Waals surface area contributed by atoms with E-state index in [2.05, 4.69) is 56.2 Å². The number of nitrogens with zero attached hydrogens (tertiary/aromatic N) is 6. The summed E-state index contributed by atoms with van der Waals surface area (Å²) in [6.45, 7) is 3.98. The fourth-order valence-electron chi connectivity index (χ4n) is 4.30. The zero-order chi connectivity index (χ0) is 22.8. The number of hydrogen-bond donors (Lipinski definition) is 0. The molecule has 1 aromatic carbocycles. The van der Waals surface area contributed by atoms with Gasteiger partial charge in [-0.15, -0.1) is 0 Å². The van der Waals surface area contributed by atoms with Gasteiger partial charge in [0.1, 0.15) is 11.6 Å². The van der Waals surface area contributed by atoms with Crippen LogP contribution in [0.2, 0.25) is 0 Å². The van der Waals surface area contributed by atoms with Gasteiger partial charge in [-0.1, -0.05) is 12.1 Å².